The lowest BCUT2D eigenvalue weighted by atomic mass is 9.86. The zero-order valence-corrected chi connectivity index (χ0v) is 12.2. The monoisotopic (exact) mass is 272 g/mol. The summed E-state index contributed by atoms with van der Waals surface area (Å²) in [6, 6.07) is 6.51. The van der Waals surface area contributed by atoms with Gasteiger partial charge in [-0.05, 0) is 55.0 Å². The molecule has 0 saturated heterocycles. The predicted molar refractivity (Wildman–Crippen MR) is 80.7 cm³/mol. The molecule has 0 bridgehead atoms. The normalized spacial score (nSPS) is 25.9. The highest BCUT2D eigenvalue weighted by Crippen LogP contribution is 2.24. The molecule has 1 amide bonds. The van der Waals surface area contributed by atoms with Gasteiger partial charge in [-0.3, -0.25) is 4.79 Å². The Bertz CT molecular complexity index is 498. The number of nitrogens with one attached hydrogen (secondary N) is 2. The number of amides is 1. The Morgan fingerprint density at radius 2 is 2.10 bits per heavy atom. The van der Waals surface area contributed by atoms with Gasteiger partial charge in [0.05, 0.1) is 0 Å². The maximum atomic E-state index is 12.4. The maximum absolute atomic E-state index is 12.4. The Hall–Kier alpha value is -1.35. The second-order valence-corrected chi connectivity index (χ2v) is 6.25. The fraction of sp³-hybridized carbons (Fsp3) is 0.588. The van der Waals surface area contributed by atoms with E-state index >= 15 is 0 Å². The van der Waals surface area contributed by atoms with E-state index in [-0.39, 0.29) is 5.91 Å². The summed E-state index contributed by atoms with van der Waals surface area (Å²) in [5, 5.41) is 6.60. The van der Waals surface area contributed by atoms with E-state index in [2.05, 4.69) is 29.7 Å². The molecule has 20 heavy (non-hydrogen) atoms. The number of benzene rings is 1. The molecule has 1 fully saturated rings. The van der Waals surface area contributed by atoms with Crippen molar-refractivity contribution in [3.63, 3.8) is 0 Å². The first kappa shape index (κ1) is 13.6. The van der Waals surface area contributed by atoms with Gasteiger partial charge in [0.25, 0.3) is 5.91 Å². The fourth-order valence-electron chi connectivity index (χ4n) is 3.40. The highest BCUT2D eigenvalue weighted by Gasteiger charge is 2.23. The molecule has 2 N–H and O–H groups in total. The maximum Gasteiger partial charge on any atom is 0.251 e. The molecule has 3 heteroatoms. The lowest BCUT2D eigenvalue weighted by molar-refractivity contribution is 0.0910. The minimum absolute atomic E-state index is 0.0946. The highest BCUT2D eigenvalue weighted by atomic mass is 16.1. The molecule has 2 unspecified atom stereocenters. The van der Waals surface area contributed by atoms with Gasteiger partial charge < -0.3 is 10.6 Å². The molecule has 1 saturated carbocycles. The van der Waals surface area contributed by atoms with Crippen molar-refractivity contribution >= 4 is 5.91 Å². The second-order valence-electron chi connectivity index (χ2n) is 6.25. The molecule has 2 aliphatic rings. The summed E-state index contributed by atoms with van der Waals surface area (Å²) in [5.41, 5.74) is 3.47. The first-order chi connectivity index (χ1) is 9.74. The Kier molecular flexibility index (Phi) is 4.06. The van der Waals surface area contributed by atoms with Crippen LogP contribution in [0.4, 0.5) is 0 Å². The molecule has 1 heterocycles. The summed E-state index contributed by atoms with van der Waals surface area (Å²) in [5.74, 6) is 0.698. The first-order valence-corrected chi connectivity index (χ1v) is 7.87. The van der Waals surface area contributed by atoms with E-state index in [0.717, 1.165) is 31.5 Å². The van der Waals surface area contributed by atoms with E-state index in [0.29, 0.717) is 12.0 Å². The fourth-order valence-corrected chi connectivity index (χ4v) is 3.40. The molecule has 1 aliphatic carbocycles. The number of hydrogen-bond acceptors (Lipinski definition) is 2. The van der Waals surface area contributed by atoms with Crippen LogP contribution in [0.1, 0.15) is 54.1 Å². The van der Waals surface area contributed by atoms with Crippen LogP contribution in [0.5, 0.6) is 0 Å². The van der Waals surface area contributed by atoms with Crippen molar-refractivity contribution in [2.24, 2.45) is 5.92 Å². The van der Waals surface area contributed by atoms with E-state index in [1.165, 1.54) is 30.4 Å². The lowest BCUT2D eigenvalue weighted by Crippen LogP contribution is -2.41. The molecule has 2 atom stereocenters. The van der Waals surface area contributed by atoms with Crippen molar-refractivity contribution < 1.29 is 4.79 Å². The molecular formula is C17H24N2O. The van der Waals surface area contributed by atoms with Crippen LogP contribution >= 0.6 is 0 Å². The minimum atomic E-state index is 0.0946. The van der Waals surface area contributed by atoms with Gasteiger partial charge in [-0.15, -0.1) is 0 Å². The summed E-state index contributed by atoms with van der Waals surface area (Å²) in [6.07, 6.45) is 5.97. The standard InChI is InChI=1S/C17H24N2O/c1-12-4-2-3-5-16(12)19-17(20)14-7-6-13-8-9-18-11-15(13)10-14/h6-7,10,12,16,18H,2-5,8-9,11H2,1H3,(H,19,20). The third kappa shape index (κ3) is 2.88. The van der Waals surface area contributed by atoms with Crippen LogP contribution in [0, 0.1) is 5.92 Å². The van der Waals surface area contributed by atoms with Crippen molar-refractivity contribution in [2.75, 3.05) is 6.54 Å². The lowest BCUT2D eigenvalue weighted by Gasteiger charge is -2.29. The van der Waals surface area contributed by atoms with Crippen LogP contribution in [-0.4, -0.2) is 18.5 Å². The third-order valence-electron chi connectivity index (χ3n) is 4.78. The molecule has 108 valence electrons. The van der Waals surface area contributed by atoms with Crippen molar-refractivity contribution in [1.29, 1.82) is 0 Å². The quantitative estimate of drug-likeness (QED) is 0.869. The SMILES string of the molecule is CC1CCCCC1NC(=O)c1ccc2c(c1)CNCC2. The summed E-state index contributed by atoms with van der Waals surface area (Å²) < 4.78 is 0. The van der Waals surface area contributed by atoms with E-state index in [1.807, 2.05) is 6.07 Å². The highest BCUT2D eigenvalue weighted by molar-refractivity contribution is 5.94. The minimum Gasteiger partial charge on any atom is -0.349 e. The molecule has 3 rings (SSSR count). The van der Waals surface area contributed by atoms with Gasteiger partial charge in [0.2, 0.25) is 0 Å². The molecule has 3 nitrogen and oxygen atoms in total. The van der Waals surface area contributed by atoms with Crippen molar-refractivity contribution in [3.8, 4) is 0 Å². The molecule has 0 aromatic heterocycles. The molecule has 1 aromatic carbocycles. The molecule has 1 aromatic rings. The van der Waals surface area contributed by atoms with Gasteiger partial charge in [0.15, 0.2) is 0 Å². The topological polar surface area (TPSA) is 41.1 Å². The van der Waals surface area contributed by atoms with Crippen LogP contribution in [0.2, 0.25) is 0 Å². The number of carbonyl (C=O) groups is 1. The van der Waals surface area contributed by atoms with Gasteiger partial charge in [-0.2, -0.15) is 0 Å². The Morgan fingerprint density at radius 1 is 1.25 bits per heavy atom. The van der Waals surface area contributed by atoms with E-state index in [4.69, 9.17) is 0 Å². The largest absolute Gasteiger partial charge is 0.349 e. The zero-order valence-electron chi connectivity index (χ0n) is 12.2. The van der Waals surface area contributed by atoms with Gasteiger partial charge in [-0.25, -0.2) is 0 Å². The van der Waals surface area contributed by atoms with Gasteiger partial charge in [0.1, 0.15) is 0 Å². The van der Waals surface area contributed by atoms with Crippen LogP contribution < -0.4 is 10.6 Å². The number of fused-ring (bicyclic) bond motifs is 1. The molecule has 0 radical (unpaired) electrons. The summed E-state index contributed by atoms with van der Waals surface area (Å²) in [7, 11) is 0. The summed E-state index contributed by atoms with van der Waals surface area (Å²) in [4.78, 5) is 12.4. The molecule has 0 spiro atoms. The van der Waals surface area contributed by atoms with Crippen LogP contribution in [0.25, 0.3) is 0 Å². The summed E-state index contributed by atoms with van der Waals surface area (Å²) >= 11 is 0. The Balaban J connectivity index is 1.70. The zero-order chi connectivity index (χ0) is 13.9. The van der Waals surface area contributed by atoms with Gasteiger partial charge >= 0.3 is 0 Å². The van der Waals surface area contributed by atoms with E-state index < -0.39 is 0 Å². The smallest absolute Gasteiger partial charge is 0.251 e. The van der Waals surface area contributed by atoms with Crippen LogP contribution in [-0.2, 0) is 13.0 Å². The van der Waals surface area contributed by atoms with E-state index in [9.17, 15) is 4.79 Å². The van der Waals surface area contributed by atoms with Crippen molar-refractivity contribution in [3.05, 3.63) is 34.9 Å². The molecule has 1 aliphatic heterocycles. The van der Waals surface area contributed by atoms with Crippen molar-refractivity contribution in [2.45, 2.75) is 51.6 Å². The summed E-state index contributed by atoms with van der Waals surface area (Å²) in [6.45, 7) is 4.18. The van der Waals surface area contributed by atoms with Gasteiger partial charge in [-0.1, -0.05) is 25.8 Å². The number of carbonyl (C=O) groups excluding carboxylic acids is 1. The average molecular weight is 272 g/mol. The Morgan fingerprint density at radius 3 is 2.95 bits per heavy atom. The second kappa shape index (κ2) is 5.96. The molecular weight excluding hydrogens is 248 g/mol. The van der Waals surface area contributed by atoms with Crippen LogP contribution in [0.15, 0.2) is 18.2 Å². The van der Waals surface area contributed by atoms with Gasteiger partial charge in [0, 0.05) is 18.2 Å². The van der Waals surface area contributed by atoms with Crippen LogP contribution in [0.3, 0.4) is 0 Å². The Labute approximate surface area is 121 Å². The number of rotatable bonds is 2. The average Bonchev–Trinajstić information content (AvgIpc) is 2.49. The third-order valence-corrected chi connectivity index (χ3v) is 4.78. The van der Waals surface area contributed by atoms with Crippen molar-refractivity contribution in [1.82, 2.24) is 10.6 Å². The first-order valence-electron chi connectivity index (χ1n) is 7.87. The number of hydrogen-bond donors (Lipinski definition) is 2. The predicted octanol–water partition coefficient (Wildman–Crippen LogP) is 2.64. The van der Waals surface area contributed by atoms with E-state index in [1.54, 1.807) is 0 Å².